The minimum Gasteiger partial charge on any atom is -0.490 e. The van der Waals surface area contributed by atoms with Gasteiger partial charge in [0.2, 0.25) is 0 Å². The van der Waals surface area contributed by atoms with Crippen molar-refractivity contribution in [3.63, 3.8) is 0 Å². The molecule has 0 aliphatic carbocycles. The fourth-order valence-electron chi connectivity index (χ4n) is 3.61. The lowest BCUT2D eigenvalue weighted by Gasteiger charge is -2.15. The Labute approximate surface area is 253 Å². The monoisotopic (exact) mass is 720 g/mol. The normalized spacial score (nSPS) is 15.2. The SMILES string of the molecule is CCOC(=O)c1ccc(N=C2S/C(=C\c3cc(I)c(OCc4ccc(Br)cc4)c(OCC)c3)C(=O)N2C)cc1. The summed E-state index contributed by atoms with van der Waals surface area (Å²) in [6, 6.07) is 18.6. The number of nitrogens with zero attached hydrogens (tertiary/aromatic N) is 2. The molecule has 3 aromatic rings. The van der Waals surface area contributed by atoms with Gasteiger partial charge in [0.1, 0.15) is 6.61 Å². The van der Waals surface area contributed by atoms with Crippen LogP contribution >= 0.6 is 50.3 Å². The van der Waals surface area contributed by atoms with Crippen LogP contribution in [0, 0.1) is 3.57 Å². The van der Waals surface area contributed by atoms with Crippen molar-refractivity contribution in [2.45, 2.75) is 20.5 Å². The van der Waals surface area contributed by atoms with Gasteiger partial charge in [0.05, 0.1) is 32.9 Å². The van der Waals surface area contributed by atoms with Crippen molar-refractivity contribution in [1.82, 2.24) is 4.90 Å². The highest BCUT2D eigenvalue weighted by Crippen LogP contribution is 2.38. The molecule has 0 N–H and O–H groups in total. The molecule has 0 bridgehead atoms. The van der Waals surface area contributed by atoms with E-state index < -0.39 is 0 Å². The number of benzene rings is 3. The molecule has 3 aromatic carbocycles. The first-order valence-corrected chi connectivity index (χ1v) is 14.8. The summed E-state index contributed by atoms with van der Waals surface area (Å²) in [4.78, 5) is 31.6. The zero-order valence-electron chi connectivity index (χ0n) is 21.6. The third kappa shape index (κ3) is 7.43. The van der Waals surface area contributed by atoms with Gasteiger partial charge in [-0.05, 0) is 114 Å². The summed E-state index contributed by atoms with van der Waals surface area (Å²) in [5.41, 5.74) is 2.95. The van der Waals surface area contributed by atoms with Gasteiger partial charge in [-0.25, -0.2) is 9.79 Å². The zero-order valence-corrected chi connectivity index (χ0v) is 26.1. The number of likely N-dealkylation sites (N-methyl/N-ethyl adjacent to an activating group) is 1. The molecule has 0 aromatic heterocycles. The third-order valence-corrected chi connectivity index (χ3v) is 7.92. The second-order valence-corrected chi connectivity index (χ2v) is 11.4. The Bertz CT molecular complexity index is 1420. The van der Waals surface area contributed by atoms with Gasteiger partial charge in [-0.2, -0.15) is 0 Å². The highest BCUT2D eigenvalue weighted by atomic mass is 127. The number of carbonyl (C=O) groups is 2. The molecule has 0 spiro atoms. The van der Waals surface area contributed by atoms with Crippen LogP contribution in [0.4, 0.5) is 5.69 Å². The van der Waals surface area contributed by atoms with Crippen LogP contribution in [0.25, 0.3) is 6.08 Å². The Morgan fingerprint density at radius 3 is 2.44 bits per heavy atom. The molecule has 7 nitrogen and oxygen atoms in total. The lowest BCUT2D eigenvalue weighted by Crippen LogP contribution is -2.23. The average Bonchev–Trinajstić information content (AvgIpc) is 3.17. The fraction of sp³-hybridized carbons (Fsp3) is 0.207. The van der Waals surface area contributed by atoms with Crippen molar-refractivity contribution in [3.8, 4) is 11.5 Å². The second kappa shape index (κ2) is 13.5. The molecule has 0 atom stereocenters. The highest BCUT2D eigenvalue weighted by Gasteiger charge is 2.30. The molecule has 1 heterocycles. The first-order chi connectivity index (χ1) is 18.8. The molecule has 4 rings (SSSR count). The van der Waals surface area contributed by atoms with E-state index in [4.69, 9.17) is 14.2 Å². The minimum absolute atomic E-state index is 0.148. The third-order valence-electron chi connectivity index (χ3n) is 5.53. The van der Waals surface area contributed by atoms with Gasteiger partial charge >= 0.3 is 5.97 Å². The number of ether oxygens (including phenoxy) is 3. The van der Waals surface area contributed by atoms with Crippen LogP contribution in [0.1, 0.15) is 35.3 Å². The second-order valence-electron chi connectivity index (χ2n) is 8.31. The van der Waals surface area contributed by atoms with Gasteiger partial charge in [0.15, 0.2) is 16.7 Å². The number of aliphatic imine (C=N–C) groups is 1. The summed E-state index contributed by atoms with van der Waals surface area (Å²) in [6.45, 7) is 4.88. The molecule has 1 saturated heterocycles. The molecule has 0 radical (unpaired) electrons. The van der Waals surface area contributed by atoms with Gasteiger partial charge in [-0.1, -0.05) is 28.1 Å². The molecule has 0 unspecified atom stereocenters. The maximum absolute atomic E-state index is 13.0. The highest BCUT2D eigenvalue weighted by molar-refractivity contribution is 14.1. The predicted molar refractivity (Wildman–Crippen MR) is 167 cm³/mol. The standard InChI is InChI=1S/C29H26BrIN2O5S/c1-4-36-24-15-19(14-23(31)26(24)38-17-18-6-10-21(30)11-7-18)16-25-27(34)33(3)29(39-25)32-22-12-8-20(9-13-22)28(35)37-5-2/h6-16H,4-5,17H2,1-3H3/b25-16-,32-29?. The number of carbonyl (C=O) groups excluding carboxylic acids is 2. The van der Waals surface area contributed by atoms with Crippen LogP contribution in [0.15, 0.2) is 75.0 Å². The van der Waals surface area contributed by atoms with E-state index >= 15 is 0 Å². The number of hydrogen-bond donors (Lipinski definition) is 0. The largest absolute Gasteiger partial charge is 0.490 e. The first-order valence-electron chi connectivity index (χ1n) is 12.2. The Morgan fingerprint density at radius 1 is 1.05 bits per heavy atom. The van der Waals surface area contributed by atoms with E-state index in [-0.39, 0.29) is 11.9 Å². The van der Waals surface area contributed by atoms with E-state index in [9.17, 15) is 9.59 Å². The van der Waals surface area contributed by atoms with Gasteiger partial charge in [0, 0.05) is 11.5 Å². The van der Waals surface area contributed by atoms with E-state index in [0.717, 1.165) is 19.2 Å². The number of esters is 1. The first kappa shape index (κ1) is 29.2. The van der Waals surface area contributed by atoms with Crippen LogP contribution in [-0.4, -0.2) is 42.2 Å². The summed E-state index contributed by atoms with van der Waals surface area (Å²) in [7, 11) is 1.69. The molecular weight excluding hydrogens is 695 g/mol. The molecule has 1 fully saturated rings. The van der Waals surface area contributed by atoms with E-state index in [2.05, 4.69) is 43.5 Å². The zero-order chi connectivity index (χ0) is 27.9. The maximum Gasteiger partial charge on any atom is 0.338 e. The fourth-order valence-corrected chi connectivity index (χ4v) is 5.64. The predicted octanol–water partition coefficient (Wildman–Crippen LogP) is 7.44. The van der Waals surface area contributed by atoms with Crippen LogP contribution in [0.2, 0.25) is 0 Å². The molecule has 1 aliphatic heterocycles. The Kier molecular flexibility index (Phi) is 10.1. The van der Waals surface area contributed by atoms with Crippen molar-refractivity contribution in [1.29, 1.82) is 0 Å². The Morgan fingerprint density at radius 2 is 1.77 bits per heavy atom. The van der Waals surface area contributed by atoms with Gasteiger partial charge in [-0.15, -0.1) is 0 Å². The van der Waals surface area contributed by atoms with Gasteiger partial charge < -0.3 is 14.2 Å². The van der Waals surface area contributed by atoms with Gasteiger partial charge in [0.25, 0.3) is 5.91 Å². The lowest BCUT2D eigenvalue weighted by atomic mass is 10.1. The molecule has 0 saturated carbocycles. The molecule has 202 valence electrons. The minimum atomic E-state index is -0.379. The number of amides is 1. The van der Waals surface area contributed by atoms with E-state index in [1.165, 1.54) is 16.7 Å². The molecule has 1 amide bonds. The Hall–Kier alpha value is -2.83. The number of halogens is 2. The van der Waals surface area contributed by atoms with Crippen molar-refractivity contribution < 1.29 is 23.8 Å². The van der Waals surface area contributed by atoms with Crippen LogP contribution < -0.4 is 9.47 Å². The smallest absolute Gasteiger partial charge is 0.338 e. The van der Waals surface area contributed by atoms with Crippen molar-refractivity contribution >= 4 is 79.1 Å². The number of rotatable bonds is 9. The van der Waals surface area contributed by atoms with Gasteiger partial charge in [-0.3, -0.25) is 9.69 Å². The topological polar surface area (TPSA) is 77.4 Å². The van der Waals surface area contributed by atoms with Crippen LogP contribution in [0.5, 0.6) is 11.5 Å². The maximum atomic E-state index is 13.0. The van der Waals surface area contributed by atoms with Crippen LogP contribution in [0.3, 0.4) is 0 Å². The van der Waals surface area contributed by atoms with Crippen LogP contribution in [-0.2, 0) is 16.1 Å². The summed E-state index contributed by atoms with van der Waals surface area (Å²) < 4.78 is 18.9. The van der Waals surface area contributed by atoms with Crippen molar-refractivity contribution in [2.75, 3.05) is 20.3 Å². The van der Waals surface area contributed by atoms with Crippen molar-refractivity contribution in [3.05, 3.63) is 90.3 Å². The molecule has 39 heavy (non-hydrogen) atoms. The average molecular weight is 721 g/mol. The molecule has 10 heteroatoms. The lowest BCUT2D eigenvalue weighted by molar-refractivity contribution is -0.121. The van der Waals surface area contributed by atoms with E-state index in [1.54, 1.807) is 38.2 Å². The summed E-state index contributed by atoms with van der Waals surface area (Å²) in [5.74, 6) is 0.756. The summed E-state index contributed by atoms with van der Waals surface area (Å²) in [6.07, 6.45) is 1.83. The van der Waals surface area contributed by atoms with E-state index in [0.29, 0.717) is 52.6 Å². The molecule has 1 aliphatic rings. The number of thioether (sulfide) groups is 1. The Balaban J connectivity index is 1.54. The molecular formula is C29H26BrIN2O5S. The summed E-state index contributed by atoms with van der Waals surface area (Å²) in [5, 5.41) is 0.546. The summed E-state index contributed by atoms with van der Waals surface area (Å²) >= 11 is 6.97. The number of amidine groups is 1. The van der Waals surface area contributed by atoms with E-state index in [1.807, 2.05) is 49.4 Å². The number of hydrogen-bond acceptors (Lipinski definition) is 7. The van der Waals surface area contributed by atoms with Crippen molar-refractivity contribution in [2.24, 2.45) is 4.99 Å². The quantitative estimate of drug-likeness (QED) is 0.130.